The van der Waals surface area contributed by atoms with Crippen molar-refractivity contribution in [2.24, 2.45) is 0 Å². The lowest BCUT2D eigenvalue weighted by Crippen LogP contribution is -2.30. The Hall–Kier alpha value is -3.03. The lowest BCUT2D eigenvalue weighted by atomic mass is 10.2. The molecule has 1 aliphatic rings. The summed E-state index contributed by atoms with van der Waals surface area (Å²) in [7, 11) is 1.55. The number of amides is 1. The summed E-state index contributed by atoms with van der Waals surface area (Å²) >= 11 is 0. The van der Waals surface area contributed by atoms with Crippen LogP contribution < -0.4 is 24.3 Å². The molecule has 132 valence electrons. The summed E-state index contributed by atoms with van der Waals surface area (Å²) in [6.07, 6.45) is -4.50. The number of methoxy groups -OCH3 is 1. The monoisotopic (exact) mass is 351 g/mol. The maximum Gasteiger partial charge on any atom is 0.586 e. The van der Waals surface area contributed by atoms with Gasteiger partial charge in [-0.2, -0.15) is 0 Å². The molecule has 1 atom stereocenters. The van der Waals surface area contributed by atoms with Crippen LogP contribution in [0.3, 0.4) is 0 Å². The third-order valence-electron chi connectivity index (χ3n) is 3.41. The molecule has 0 bridgehead atoms. The number of ether oxygens (including phenoxy) is 4. The van der Waals surface area contributed by atoms with Crippen molar-refractivity contribution in [3.05, 3.63) is 42.5 Å². The molecule has 0 aliphatic carbocycles. The molecular weight excluding hydrogens is 336 g/mol. The highest BCUT2D eigenvalue weighted by atomic mass is 19.3. The topological polar surface area (TPSA) is 66.0 Å². The molecule has 0 fully saturated rings. The van der Waals surface area contributed by atoms with Crippen LogP contribution in [0.15, 0.2) is 42.5 Å². The first-order chi connectivity index (χ1) is 11.9. The van der Waals surface area contributed by atoms with Crippen molar-refractivity contribution in [3.8, 4) is 23.0 Å². The van der Waals surface area contributed by atoms with Crippen molar-refractivity contribution in [1.29, 1.82) is 0 Å². The van der Waals surface area contributed by atoms with Crippen LogP contribution in [-0.4, -0.2) is 25.4 Å². The van der Waals surface area contributed by atoms with E-state index in [2.05, 4.69) is 14.8 Å². The van der Waals surface area contributed by atoms with Gasteiger partial charge in [-0.15, -0.1) is 8.78 Å². The van der Waals surface area contributed by atoms with E-state index >= 15 is 0 Å². The van der Waals surface area contributed by atoms with Crippen LogP contribution in [0.1, 0.15) is 6.92 Å². The summed E-state index contributed by atoms with van der Waals surface area (Å²) in [5.41, 5.74) is 0.287. The molecule has 1 aliphatic heterocycles. The van der Waals surface area contributed by atoms with Crippen LogP contribution in [0.2, 0.25) is 0 Å². The zero-order valence-electron chi connectivity index (χ0n) is 13.4. The molecule has 0 saturated heterocycles. The van der Waals surface area contributed by atoms with Gasteiger partial charge in [0.05, 0.1) is 7.11 Å². The molecule has 0 radical (unpaired) electrons. The van der Waals surface area contributed by atoms with E-state index in [9.17, 15) is 13.6 Å². The number of benzene rings is 2. The van der Waals surface area contributed by atoms with Gasteiger partial charge in [0.15, 0.2) is 17.6 Å². The summed E-state index contributed by atoms with van der Waals surface area (Å²) in [5.74, 6) is 0.480. The standard InChI is InChI=1S/C17H15F2NO5/c1-10(23-13-6-4-12(22-2)5-7-13)16(21)20-11-3-8-14-15(9-11)25-17(18,19)24-14/h3-10H,1-2H3,(H,20,21)/t10-/m1/s1. The van der Waals surface area contributed by atoms with Crippen LogP contribution in [0.5, 0.6) is 23.0 Å². The molecule has 3 rings (SSSR count). The molecule has 2 aromatic carbocycles. The molecule has 1 heterocycles. The smallest absolute Gasteiger partial charge is 0.497 e. The van der Waals surface area contributed by atoms with Gasteiger partial charge in [-0.25, -0.2) is 0 Å². The fourth-order valence-corrected chi connectivity index (χ4v) is 2.18. The van der Waals surface area contributed by atoms with E-state index in [0.717, 1.165) is 0 Å². The molecule has 1 N–H and O–H groups in total. The molecule has 1 amide bonds. The molecule has 2 aromatic rings. The predicted octanol–water partition coefficient (Wildman–Crippen LogP) is 3.42. The Morgan fingerprint density at radius 1 is 1.08 bits per heavy atom. The number of carbonyl (C=O) groups is 1. The summed E-state index contributed by atoms with van der Waals surface area (Å²) in [4.78, 5) is 12.2. The van der Waals surface area contributed by atoms with E-state index in [-0.39, 0.29) is 17.2 Å². The first-order valence-electron chi connectivity index (χ1n) is 7.38. The molecule has 8 heteroatoms. The second-order valence-corrected chi connectivity index (χ2v) is 5.25. The number of carbonyl (C=O) groups excluding carboxylic acids is 1. The van der Waals surface area contributed by atoms with E-state index in [1.165, 1.54) is 18.2 Å². The fraction of sp³-hybridized carbons (Fsp3) is 0.235. The van der Waals surface area contributed by atoms with Gasteiger partial charge in [0, 0.05) is 11.8 Å². The largest absolute Gasteiger partial charge is 0.586 e. The van der Waals surface area contributed by atoms with E-state index < -0.39 is 18.3 Å². The highest BCUT2D eigenvalue weighted by Crippen LogP contribution is 2.42. The number of anilines is 1. The molecule has 0 saturated carbocycles. The molecule has 25 heavy (non-hydrogen) atoms. The van der Waals surface area contributed by atoms with Crippen molar-refractivity contribution in [3.63, 3.8) is 0 Å². The third kappa shape index (κ3) is 3.90. The predicted molar refractivity (Wildman–Crippen MR) is 84.4 cm³/mol. The highest BCUT2D eigenvalue weighted by Gasteiger charge is 2.43. The first-order valence-corrected chi connectivity index (χ1v) is 7.38. The number of rotatable bonds is 5. The Labute approximate surface area is 142 Å². The van der Waals surface area contributed by atoms with E-state index in [1.807, 2.05) is 0 Å². The van der Waals surface area contributed by atoms with Crippen LogP contribution in [0.4, 0.5) is 14.5 Å². The molecular formula is C17H15F2NO5. The third-order valence-corrected chi connectivity index (χ3v) is 3.41. The van der Waals surface area contributed by atoms with E-state index in [1.54, 1.807) is 38.3 Å². The van der Waals surface area contributed by atoms with Gasteiger partial charge in [-0.3, -0.25) is 4.79 Å². The van der Waals surface area contributed by atoms with Crippen molar-refractivity contribution in [2.45, 2.75) is 19.3 Å². The quantitative estimate of drug-likeness (QED) is 0.894. The van der Waals surface area contributed by atoms with Crippen molar-refractivity contribution < 1.29 is 32.5 Å². The van der Waals surface area contributed by atoms with E-state index in [0.29, 0.717) is 11.5 Å². The zero-order chi connectivity index (χ0) is 18.0. The Kier molecular flexibility index (Phi) is 4.35. The second kappa shape index (κ2) is 6.46. The number of hydrogen-bond donors (Lipinski definition) is 1. The minimum Gasteiger partial charge on any atom is -0.497 e. The summed E-state index contributed by atoms with van der Waals surface area (Å²) in [6, 6.07) is 10.7. The van der Waals surface area contributed by atoms with Gasteiger partial charge in [0.1, 0.15) is 11.5 Å². The Balaban J connectivity index is 1.62. The van der Waals surface area contributed by atoms with Crippen molar-refractivity contribution >= 4 is 11.6 Å². The van der Waals surface area contributed by atoms with Crippen LogP contribution >= 0.6 is 0 Å². The van der Waals surface area contributed by atoms with Crippen LogP contribution in [-0.2, 0) is 4.79 Å². The Morgan fingerprint density at radius 2 is 1.72 bits per heavy atom. The number of hydrogen-bond acceptors (Lipinski definition) is 5. The number of alkyl halides is 2. The van der Waals surface area contributed by atoms with E-state index in [4.69, 9.17) is 9.47 Å². The second-order valence-electron chi connectivity index (χ2n) is 5.25. The lowest BCUT2D eigenvalue weighted by Gasteiger charge is -2.15. The Bertz CT molecular complexity index is 779. The molecule has 0 spiro atoms. The van der Waals surface area contributed by atoms with Gasteiger partial charge in [0.25, 0.3) is 5.91 Å². The average molecular weight is 351 g/mol. The lowest BCUT2D eigenvalue weighted by molar-refractivity contribution is -0.286. The van der Waals surface area contributed by atoms with Gasteiger partial charge in [-0.05, 0) is 43.3 Å². The summed E-state index contributed by atoms with van der Waals surface area (Å²) in [5, 5.41) is 2.57. The fourth-order valence-electron chi connectivity index (χ4n) is 2.18. The minimum atomic E-state index is -3.70. The summed E-state index contributed by atoms with van der Waals surface area (Å²) < 4.78 is 45.2. The number of nitrogens with one attached hydrogen (secondary N) is 1. The van der Waals surface area contributed by atoms with Crippen molar-refractivity contribution in [2.75, 3.05) is 12.4 Å². The molecule has 6 nitrogen and oxygen atoms in total. The highest BCUT2D eigenvalue weighted by molar-refractivity contribution is 5.94. The minimum absolute atomic E-state index is 0.0921. The Morgan fingerprint density at radius 3 is 2.40 bits per heavy atom. The van der Waals surface area contributed by atoms with Crippen molar-refractivity contribution in [1.82, 2.24) is 0 Å². The van der Waals surface area contributed by atoms with Crippen LogP contribution in [0.25, 0.3) is 0 Å². The van der Waals surface area contributed by atoms with Gasteiger partial charge in [0.2, 0.25) is 0 Å². The van der Waals surface area contributed by atoms with Gasteiger partial charge in [-0.1, -0.05) is 0 Å². The summed E-state index contributed by atoms with van der Waals surface area (Å²) in [6.45, 7) is 1.57. The molecule has 0 aromatic heterocycles. The number of halogens is 2. The van der Waals surface area contributed by atoms with Gasteiger partial charge < -0.3 is 24.3 Å². The zero-order valence-corrected chi connectivity index (χ0v) is 13.4. The maximum absolute atomic E-state index is 13.0. The van der Waals surface area contributed by atoms with Crippen LogP contribution in [0, 0.1) is 0 Å². The van der Waals surface area contributed by atoms with Gasteiger partial charge >= 0.3 is 6.29 Å². The molecule has 0 unspecified atom stereocenters. The average Bonchev–Trinajstić information content (AvgIpc) is 2.88. The normalized spacial score (nSPS) is 15.4. The first kappa shape index (κ1) is 16.8. The maximum atomic E-state index is 13.0. The number of fused-ring (bicyclic) bond motifs is 1. The SMILES string of the molecule is COc1ccc(O[C@H](C)C(=O)Nc2ccc3c(c2)OC(F)(F)O3)cc1.